The van der Waals surface area contributed by atoms with Crippen molar-refractivity contribution in [3.8, 4) is 5.75 Å². The number of hydrogen-bond acceptors (Lipinski definition) is 8. The van der Waals surface area contributed by atoms with E-state index < -0.39 is 38.2 Å². The number of fused-ring (bicyclic) bond motifs is 1. The summed E-state index contributed by atoms with van der Waals surface area (Å²) in [6.45, 7) is 13.4. The molecule has 2 aliphatic rings. The number of carbonyl (C=O) groups is 2. The summed E-state index contributed by atoms with van der Waals surface area (Å²) in [5, 5.41) is 2.37. The largest absolute Gasteiger partial charge is 0.497 e. The lowest BCUT2D eigenvalue weighted by atomic mass is 9.79. The number of carbonyl (C=O) groups excluding carboxylic acids is 2. The fourth-order valence-corrected chi connectivity index (χ4v) is 12.5. The first-order valence-corrected chi connectivity index (χ1v) is 20.9. The van der Waals surface area contributed by atoms with Gasteiger partial charge in [-0.05, 0) is 59.3 Å². The van der Waals surface area contributed by atoms with E-state index in [4.69, 9.17) is 28.1 Å². The molecule has 10 heteroatoms. The molecule has 276 valence electrons. The van der Waals surface area contributed by atoms with Crippen molar-refractivity contribution in [2.24, 2.45) is 5.92 Å². The quantitative estimate of drug-likeness (QED) is 0.101. The van der Waals surface area contributed by atoms with Crippen LogP contribution >= 0.6 is 15.9 Å². The normalized spacial score (nSPS) is 25.8. The Balaban J connectivity index is 1.40. The second kappa shape index (κ2) is 16.9. The van der Waals surface area contributed by atoms with E-state index >= 15 is 0 Å². The lowest BCUT2D eigenvalue weighted by molar-refractivity contribution is -0.289. The van der Waals surface area contributed by atoms with Gasteiger partial charge in [0.1, 0.15) is 17.2 Å². The maximum absolute atomic E-state index is 12.8. The van der Waals surface area contributed by atoms with Gasteiger partial charge < -0.3 is 28.1 Å². The standard InChI is InChI=1S/C41H53BrO8Si/c1-28(26-47-51(40(3,4)5,32-14-10-8-11-15-32)33-16-12-9-13-17-33)22-34-36(46-27-30-18-20-31(45-7)21-19-30)24-41(6)37(48-34)23-35(49-38(44)25-42)39(50-41)29(2)43/h8-21,28,34-37,39H,22-27H2,1-7H3/t28?,34-,35-,36+,37+,39+,41-/m0/s1. The van der Waals surface area contributed by atoms with E-state index in [0.29, 0.717) is 32.5 Å². The first kappa shape index (κ1) is 39.3. The summed E-state index contributed by atoms with van der Waals surface area (Å²) in [6.07, 6.45) is -1.08. The van der Waals surface area contributed by atoms with Gasteiger partial charge in [-0.3, -0.25) is 9.59 Å². The van der Waals surface area contributed by atoms with E-state index in [1.54, 1.807) is 7.11 Å². The first-order chi connectivity index (χ1) is 24.3. The molecule has 2 aliphatic heterocycles. The van der Waals surface area contributed by atoms with Crippen LogP contribution in [0.2, 0.25) is 5.04 Å². The molecule has 3 aromatic rings. The minimum atomic E-state index is -2.74. The molecule has 0 saturated carbocycles. The fourth-order valence-electron chi connectivity index (χ4n) is 7.68. The van der Waals surface area contributed by atoms with E-state index in [2.05, 4.69) is 104 Å². The van der Waals surface area contributed by atoms with Gasteiger partial charge in [0.2, 0.25) is 0 Å². The summed E-state index contributed by atoms with van der Waals surface area (Å²) in [4.78, 5) is 25.1. The average molecular weight is 782 g/mol. The zero-order valence-electron chi connectivity index (χ0n) is 30.9. The fraction of sp³-hybridized carbons (Fsp3) is 0.512. The molecule has 51 heavy (non-hydrogen) atoms. The number of esters is 1. The van der Waals surface area contributed by atoms with E-state index in [0.717, 1.165) is 11.3 Å². The van der Waals surface area contributed by atoms with Crippen molar-refractivity contribution in [2.45, 2.75) is 109 Å². The first-order valence-electron chi connectivity index (χ1n) is 17.9. The van der Waals surface area contributed by atoms with Crippen LogP contribution in [0.5, 0.6) is 5.75 Å². The number of benzene rings is 3. The lowest BCUT2D eigenvalue weighted by Gasteiger charge is -2.53. The summed E-state index contributed by atoms with van der Waals surface area (Å²) in [7, 11) is -1.09. The molecular weight excluding hydrogens is 728 g/mol. The van der Waals surface area contributed by atoms with Gasteiger partial charge in [0.15, 0.2) is 11.9 Å². The zero-order chi connectivity index (χ0) is 36.8. The Morgan fingerprint density at radius 2 is 1.57 bits per heavy atom. The van der Waals surface area contributed by atoms with E-state index in [1.165, 1.54) is 17.3 Å². The molecule has 2 saturated heterocycles. The smallest absolute Gasteiger partial charge is 0.316 e. The third kappa shape index (κ3) is 9.03. The van der Waals surface area contributed by atoms with Crippen molar-refractivity contribution >= 4 is 46.4 Å². The maximum Gasteiger partial charge on any atom is 0.316 e. The van der Waals surface area contributed by atoms with Crippen LogP contribution in [0.3, 0.4) is 0 Å². The average Bonchev–Trinajstić information content (AvgIpc) is 3.11. The number of halogens is 1. The van der Waals surface area contributed by atoms with Crippen LogP contribution in [0.15, 0.2) is 84.9 Å². The van der Waals surface area contributed by atoms with Crippen molar-refractivity contribution in [3.63, 3.8) is 0 Å². The number of alkyl halides is 1. The number of hydrogen-bond donors (Lipinski definition) is 0. The van der Waals surface area contributed by atoms with Gasteiger partial charge in [-0.2, -0.15) is 0 Å². The van der Waals surface area contributed by atoms with Crippen molar-refractivity contribution in [3.05, 3.63) is 90.5 Å². The summed E-state index contributed by atoms with van der Waals surface area (Å²) >= 11 is 3.17. The van der Waals surface area contributed by atoms with Gasteiger partial charge in [-0.1, -0.05) is 116 Å². The highest BCUT2D eigenvalue weighted by Gasteiger charge is 2.55. The topological polar surface area (TPSA) is 89.5 Å². The number of Topliss-reactive ketones (excluding diaryl/α,β-unsaturated/α-hetero) is 1. The number of methoxy groups -OCH3 is 1. The molecular formula is C41H53BrO8Si. The van der Waals surface area contributed by atoms with Crippen molar-refractivity contribution in [1.82, 2.24) is 0 Å². The second-order valence-corrected chi connectivity index (χ2v) is 20.1. The molecule has 3 aromatic carbocycles. The summed E-state index contributed by atoms with van der Waals surface area (Å²) in [5.41, 5.74) is 0.196. The molecule has 8 nitrogen and oxygen atoms in total. The SMILES string of the molecule is COc1ccc(CO[C@@H]2C[C@]3(C)O[C@H](C(C)=O)[C@@H](OC(=O)CBr)C[C@H]3O[C@H]2CC(C)CO[Si](c2ccccc2)(c2ccccc2)C(C)(C)C)cc1. The van der Waals surface area contributed by atoms with Crippen molar-refractivity contribution < 1.29 is 37.7 Å². The van der Waals surface area contributed by atoms with Crippen LogP contribution in [0.4, 0.5) is 0 Å². The maximum atomic E-state index is 12.8. The minimum Gasteiger partial charge on any atom is -0.497 e. The van der Waals surface area contributed by atoms with Crippen LogP contribution in [0, 0.1) is 5.92 Å². The second-order valence-electron chi connectivity index (χ2n) is 15.2. The molecule has 0 bridgehead atoms. The Hall–Kier alpha value is -2.86. The number of ether oxygens (including phenoxy) is 5. The minimum absolute atomic E-state index is 0.0314. The summed E-state index contributed by atoms with van der Waals surface area (Å²) < 4.78 is 38.4. The highest BCUT2D eigenvalue weighted by molar-refractivity contribution is 9.09. The van der Waals surface area contributed by atoms with Crippen molar-refractivity contribution in [2.75, 3.05) is 19.0 Å². The zero-order valence-corrected chi connectivity index (χ0v) is 33.5. The Morgan fingerprint density at radius 3 is 2.10 bits per heavy atom. The summed E-state index contributed by atoms with van der Waals surface area (Å²) in [5.74, 6) is 0.267. The third-order valence-corrected chi connectivity index (χ3v) is 15.7. The van der Waals surface area contributed by atoms with Gasteiger partial charge >= 0.3 is 5.97 Å². The third-order valence-electron chi connectivity index (χ3n) is 10.3. The molecule has 7 atom stereocenters. The molecule has 0 N–H and O–H groups in total. The molecule has 2 fully saturated rings. The monoisotopic (exact) mass is 780 g/mol. The van der Waals surface area contributed by atoms with Gasteiger partial charge in [0.25, 0.3) is 8.32 Å². The number of rotatable bonds is 14. The molecule has 0 aliphatic carbocycles. The molecule has 2 heterocycles. The predicted octanol–water partition coefficient (Wildman–Crippen LogP) is 6.78. The van der Waals surface area contributed by atoms with Gasteiger partial charge in [-0.25, -0.2) is 0 Å². The Labute approximate surface area is 312 Å². The van der Waals surface area contributed by atoms with Crippen LogP contribution in [-0.4, -0.2) is 75.2 Å². The van der Waals surface area contributed by atoms with Crippen LogP contribution < -0.4 is 15.1 Å². The van der Waals surface area contributed by atoms with Crippen molar-refractivity contribution in [1.29, 1.82) is 0 Å². The molecule has 0 amide bonds. The van der Waals surface area contributed by atoms with E-state index in [-0.39, 0.29) is 34.3 Å². The van der Waals surface area contributed by atoms with Crippen LogP contribution in [0.1, 0.15) is 66.4 Å². The molecule has 0 spiro atoms. The lowest BCUT2D eigenvalue weighted by Crippen LogP contribution is -2.67. The Morgan fingerprint density at radius 1 is 0.961 bits per heavy atom. The molecule has 0 aromatic heterocycles. The molecule has 5 rings (SSSR count). The Kier molecular flexibility index (Phi) is 13.0. The van der Waals surface area contributed by atoms with Crippen LogP contribution in [-0.2, 0) is 39.6 Å². The predicted molar refractivity (Wildman–Crippen MR) is 204 cm³/mol. The highest BCUT2D eigenvalue weighted by atomic mass is 79.9. The van der Waals surface area contributed by atoms with Gasteiger partial charge in [-0.15, -0.1) is 0 Å². The summed E-state index contributed by atoms with van der Waals surface area (Å²) in [6, 6.07) is 29.2. The van der Waals surface area contributed by atoms with E-state index in [9.17, 15) is 9.59 Å². The number of ketones is 1. The van der Waals surface area contributed by atoms with Gasteiger partial charge in [0, 0.05) is 19.4 Å². The van der Waals surface area contributed by atoms with E-state index in [1.807, 2.05) is 31.2 Å². The van der Waals surface area contributed by atoms with Crippen LogP contribution in [0.25, 0.3) is 0 Å². The molecule has 0 radical (unpaired) electrons. The molecule has 1 unspecified atom stereocenters. The Bertz CT molecular complexity index is 1540. The van der Waals surface area contributed by atoms with Gasteiger partial charge in [0.05, 0.1) is 37.6 Å². The highest BCUT2D eigenvalue weighted by Crippen LogP contribution is 2.44.